The molecule has 2 unspecified atom stereocenters. The highest BCUT2D eigenvalue weighted by Gasteiger charge is 2.38. The van der Waals surface area contributed by atoms with Crippen LogP contribution in [0, 0.1) is 12.7 Å². The number of pyridine rings is 2. The van der Waals surface area contributed by atoms with E-state index in [4.69, 9.17) is 9.97 Å². The van der Waals surface area contributed by atoms with Crippen molar-refractivity contribution in [1.29, 1.82) is 0 Å². The van der Waals surface area contributed by atoms with Gasteiger partial charge < -0.3 is 10.2 Å². The van der Waals surface area contributed by atoms with Gasteiger partial charge in [0.05, 0.1) is 5.69 Å². The molecular weight excluding hydrogens is 379 g/mol. The number of aromatic nitrogens is 4. The van der Waals surface area contributed by atoms with Crippen molar-refractivity contribution in [2.75, 3.05) is 18.0 Å². The molecule has 0 spiro atoms. The zero-order chi connectivity index (χ0) is 20.2. The van der Waals surface area contributed by atoms with Crippen LogP contribution in [0.4, 0.5) is 10.2 Å². The van der Waals surface area contributed by atoms with Gasteiger partial charge in [-0.15, -0.1) is 0 Å². The Hall–Kier alpha value is -3.32. The fourth-order valence-corrected chi connectivity index (χ4v) is 4.66. The van der Waals surface area contributed by atoms with E-state index >= 15 is 0 Å². The van der Waals surface area contributed by atoms with Crippen molar-refractivity contribution in [3.05, 3.63) is 66.2 Å². The monoisotopic (exact) mass is 400 g/mol. The van der Waals surface area contributed by atoms with Crippen LogP contribution in [0.25, 0.3) is 28.2 Å². The normalized spacial score (nSPS) is 20.4. The standard InChI is InChI=1S/C23H21FN6/c1-14-10-18(8-9-25-14)30-22(15-2-4-16(24)5-3-15)27-20-6-7-21(28-23(20)30)29-13-17-11-19(29)12-26-17/h2-10,17,19,26H,11-13H2,1H3. The highest BCUT2D eigenvalue weighted by molar-refractivity contribution is 5.81. The summed E-state index contributed by atoms with van der Waals surface area (Å²) < 4.78 is 15.6. The Morgan fingerprint density at radius 2 is 1.93 bits per heavy atom. The summed E-state index contributed by atoms with van der Waals surface area (Å²) in [5.74, 6) is 1.46. The third-order valence-electron chi connectivity index (χ3n) is 6.08. The highest BCUT2D eigenvalue weighted by atomic mass is 19.1. The van der Waals surface area contributed by atoms with Crippen LogP contribution < -0.4 is 10.2 Å². The van der Waals surface area contributed by atoms with Gasteiger partial charge in [-0.2, -0.15) is 0 Å². The molecule has 2 atom stereocenters. The van der Waals surface area contributed by atoms with Gasteiger partial charge in [0.1, 0.15) is 23.0 Å². The maximum atomic E-state index is 13.5. The second-order valence-electron chi connectivity index (χ2n) is 8.09. The highest BCUT2D eigenvalue weighted by Crippen LogP contribution is 2.32. The average molecular weight is 400 g/mol. The van der Waals surface area contributed by atoms with Gasteiger partial charge in [-0.1, -0.05) is 0 Å². The summed E-state index contributed by atoms with van der Waals surface area (Å²) in [4.78, 5) is 16.6. The van der Waals surface area contributed by atoms with Crippen LogP contribution in [0.3, 0.4) is 0 Å². The summed E-state index contributed by atoms with van der Waals surface area (Å²) >= 11 is 0. The number of fused-ring (bicyclic) bond motifs is 3. The molecule has 4 aromatic rings. The number of benzene rings is 1. The number of hydrogen-bond acceptors (Lipinski definition) is 5. The topological polar surface area (TPSA) is 58.9 Å². The Kier molecular flexibility index (Phi) is 3.86. The summed E-state index contributed by atoms with van der Waals surface area (Å²) in [6.45, 7) is 3.96. The summed E-state index contributed by atoms with van der Waals surface area (Å²) in [5.41, 5.74) is 4.31. The van der Waals surface area contributed by atoms with Crippen LogP contribution in [0.5, 0.6) is 0 Å². The van der Waals surface area contributed by atoms with E-state index < -0.39 is 0 Å². The smallest absolute Gasteiger partial charge is 0.167 e. The number of hydrogen-bond donors (Lipinski definition) is 1. The molecule has 30 heavy (non-hydrogen) atoms. The number of nitrogens with one attached hydrogen (secondary N) is 1. The van der Waals surface area contributed by atoms with Crippen LogP contribution in [-0.2, 0) is 0 Å². The summed E-state index contributed by atoms with van der Waals surface area (Å²) in [6, 6.07) is 15.6. The second kappa shape index (κ2) is 6.60. The Labute approximate surface area is 173 Å². The lowest BCUT2D eigenvalue weighted by Gasteiger charge is -2.28. The average Bonchev–Trinajstić information content (AvgIpc) is 3.48. The van der Waals surface area contributed by atoms with E-state index in [0.717, 1.165) is 52.8 Å². The lowest BCUT2D eigenvalue weighted by atomic mass is 10.2. The van der Waals surface area contributed by atoms with Crippen molar-refractivity contribution < 1.29 is 4.39 Å². The van der Waals surface area contributed by atoms with Crippen molar-refractivity contribution in [3.63, 3.8) is 0 Å². The number of piperazine rings is 1. The second-order valence-corrected chi connectivity index (χ2v) is 8.09. The van der Waals surface area contributed by atoms with Gasteiger partial charge in [-0.25, -0.2) is 14.4 Å². The Morgan fingerprint density at radius 1 is 1.07 bits per heavy atom. The van der Waals surface area contributed by atoms with Crippen LogP contribution in [0.2, 0.25) is 0 Å². The molecule has 0 saturated carbocycles. The van der Waals surface area contributed by atoms with Gasteiger partial charge in [-0.05, 0) is 61.9 Å². The number of imidazole rings is 1. The molecule has 150 valence electrons. The van der Waals surface area contributed by atoms with E-state index in [1.807, 2.05) is 29.7 Å². The molecule has 1 N–H and O–H groups in total. The third-order valence-corrected chi connectivity index (χ3v) is 6.08. The zero-order valence-electron chi connectivity index (χ0n) is 16.6. The van der Waals surface area contributed by atoms with E-state index in [1.165, 1.54) is 18.6 Å². The van der Waals surface area contributed by atoms with Crippen LogP contribution in [0.1, 0.15) is 12.1 Å². The molecule has 2 fully saturated rings. The van der Waals surface area contributed by atoms with Crippen molar-refractivity contribution in [2.45, 2.75) is 25.4 Å². The first kappa shape index (κ1) is 17.5. The van der Waals surface area contributed by atoms with E-state index in [0.29, 0.717) is 12.1 Å². The molecular formula is C23H21FN6. The van der Waals surface area contributed by atoms with Crippen LogP contribution >= 0.6 is 0 Å². The first-order valence-electron chi connectivity index (χ1n) is 10.2. The molecule has 7 heteroatoms. The molecule has 6 nitrogen and oxygen atoms in total. The first-order valence-corrected chi connectivity index (χ1v) is 10.2. The molecule has 2 bridgehead atoms. The molecule has 6 rings (SSSR count). The van der Waals surface area contributed by atoms with Gasteiger partial charge in [-0.3, -0.25) is 9.55 Å². The minimum Gasteiger partial charge on any atom is -0.351 e. The van der Waals surface area contributed by atoms with E-state index in [9.17, 15) is 4.39 Å². The van der Waals surface area contributed by atoms with Gasteiger partial charge in [0.25, 0.3) is 0 Å². The maximum Gasteiger partial charge on any atom is 0.167 e. The van der Waals surface area contributed by atoms with Gasteiger partial charge in [0.2, 0.25) is 0 Å². The lowest BCUT2D eigenvalue weighted by Crippen LogP contribution is -2.44. The van der Waals surface area contributed by atoms with E-state index in [2.05, 4.69) is 21.3 Å². The summed E-state index contributed by atoms with van der Waals surface area (Å²) in [5, 5.41) is 3.54. The van der Waals surface area contributed by atoms with Crippen molar-refractivity contribution >= 4 is 17.0 Å². The zero-order valence-corrected chi connectivity index (χ0v) is 16.6. The number of rotatable bonds is 3. The largest absolute Gasteiger partial charge is 0.351 e. The predicted molar refractivity (Wildman–Crippen MR) is 114 cm³/mol. The first-order chi connectivity index (χ1) is 14.7. The summed E-state index contributed by atoms with van der Waals surface area (Å²) in [7, 11) is 0. The summed E-state index contributed by atoms with van der Waals surface area (Å²) in [6.07, 6.45) is 2.96. The minimum absolute atomic E-state index is 0.265. The Bertz CT molecular complexity index is 1250. The lowest BCUT2D eigenvalue weighted by molar-refractivity contribution is 0.577. The number of aryl methyl sites for hydroxylation is 1. The number of nitrogens with zero attached hydrogens (tertiary/aromatic N) is 5. The fourth-order valence-electron chi connectivity index (χ4n) is 4.66. The third kappa shape index (κ3) is 2.77. The number of halogens is 1. The predicted octanol–water partition coefficient (Wildman–Crippen LogP) is 3.48. The number of anilines is 1. The molecule has 2 aliphatic heterocycles. The minimum atomic E-state index is -0.265. The molecule has 5 heterocycles. The van der Waals surface area contributed by atoms with Crippen molar-refractivity contribution in [3.8, 4) is 17.1 Å². The SMILES string of the molecule is Cc1cc(-n2c(-c3ccc(F)cc3)nc3ccc(N4CC5CC4CN5)nc32)ccn1. The van der Waals surface area contributed by atoms with Crippen LogP contribution in [0.15, 0.2) is 54.7 Å². The molecule has 0 amide bonds. The fraction of sp³-hybridized carbons (Fsp3) is 0.261. The molecule has 1 aromatic carbocycles. The van der Waals surface area contributed by atoms with Gasteiger partial charge in [0, 0.05) is 42.6 Å². The Balaban J connectivity index is 1.56. The quantitative estimate of drug-likeness (QED) is 0.571. The molecule has 0 aliphatic carbocycles. The molecule has 3 aromatic heterocycles. The van der Waals surface area contributed by atoms with Gasteiger partial charge in [0.15, 0.2) is 5.65 Å². The van der Waals surface area contributed by atoms with Crippen LogP contribution in [-0.4, -0.2) is 44.7 Å². The molecule has 2 aliphatic rings. The molecule has 0 radical (unpaired) electrons. The van der Waals surface area contributed by atoms with E-state index in [1.54, 1.807) is 18.3 Å². The molecule has 2 saturated heterocycles. The maximum absolute atomic E-state index is 13.5. The Morgan fingerprint density at radius 3 is 2.67 bits per heavy atom. The van der Waals surface area contributed by atoms with E-state index in [-0.39, 0.29) is 5.82 Å². The van der Waals surface area contributed by atoms with Crippen molar-refractivity contribution in [2.24, 2.45) is 0 Å². The van der Waals surface area contributed by atoms with Gasteiger partial charge >= 0.3 is 0 Å². The van der Waals surface area contributed by atoms with Crippen molar-refractivity contribution in [1.82, 2.24) is 24.8 Å².